The largest absolute Gasteiger partial charge is 0.318 e. The predicted molar refractivity (Wildman–Crippen MR) is 81.7 cm³/mol. The summed E-state index contributed by atoms with van der Waals surface area (Å²) in [5, 5.41) is 7.78. The Balaban J connectivity index is 2.09. The van der Waals surface area contributed by atoms with Crippen molar-refractivity contribution in [3.05, 3.63) is 28.5 Å². The van der Waals surface area contributed by atoms with Crippen molar-refractivity contribution in [3.63, 3.8) is 0 Å². The maximum Gasteiger partial charge on any atom is 0.244 e. The number of nitrogens with zero attached hydrogens (tertiary/aromatic N) is 3. The van der Waals surface area contributed by atoms with E-state index in [9.17, 15) is 8.42 Å². The van der Waals surface area contributed by atoms with E-state index >= 15 is 0 Å². The number of hydrogen-bond donors (Lipinski definition) is 2. The quantitative estimate of drug-likeness (QED) is 0.788. The zero-order valence-electron chi connectivity index (χ0n) is 12.2. The van der Waals surface area contributed by atoms with Gasteiger partial charge in [0, 0.05) is 23.8 Å². The van der Waals surface area contributed by atoms with Crippen molar-refractivity contribution in [1.82, 2.24) is 24.8 Å². The van der Waals surface area contributed by atoms with Crippen LogP contribution in [0.25, 0.3) is 0 Å². The van der Waals surface area contributed by atoms with Crippen molar-refractivity contribution in [3.8, 4) is 0 Å². The van der Waals surface area contributed by atoms with Crippen LogP contribution in [0.15, 0.2) is 23.5 Å². The van der Waals surface area contributed by atoms with Crippen LogP contribution in [0.2, 0.25) is 0 Å². The van der Waals surface area contributed by atoms with Crippen molar-refractivity contribution in [1.29, 1.82) is 0 Å². The molecule has 9 heteroatoms. The second-order valence-corrected chi connectivity index (χ2v) is 7.68. The van der Waals surface area contributed by atoms with Crippen LogP contribution in [0, 0.1) is 6.92 Å². The molecular weight excluding hydrogens is 310 g/mol. The molecule has 0 spiro atoms. The summed E-state index contributed by atoms with van der Waals surface area (Å²) in [6.45, 7) is 5.06. The number of aromatic nitrogens is 3. The van der Waals surface area contributed by atoms with E-state index in [0.29, 0.717) is 6.54 Å². The fourth-order valence-corrected chi connectivity index (χ4v) is 3.77. The van der Waals surface area contributed by atoms with E-state index in [1.165, 1.54) is 23.7 Å². The first-order valence-electron chi connectivity index (χ1n) is 6.54. The Morgan fingerprint density at radius 1 is 1.43 bits per heavy atom. The van der Waals surface area contributed by atoms with Gasteiger partial charge in [-0.3, -0.25) is 4.68 Å². The maximum absolute atomic E-state index is 12.3. The highest BCUT2D eigenvalue weighted by Gasteiger charge is 2.21. The number of rotatable bonds is 7. The molecule has 0 radical (unpaired) electrons. The summed E-state index contributed by atoms with van der Waals surface area (Å²) in [7, 11) is -1.76. The van der Waals surface area contributed by atoms with E-state index in [1.807, 2.05) is 14.0 Å². The van der Waals surface area contributed by atoms with Crippen LogP contribution in [0.3, 0.4) is 0 Å². The van der Waals surface area contributed by atoms with E-state index in [-0.39, 0.29) is 10.9 Å². The standard InChI is InChI=1S/C12H19N5O2S2/c1-9-6-14-12(20-9)10(2)16-21(18,19)11-7-15-17(8-11)5-4-13-3/h6-8,10,13,16H,4-5H2,1-3H3. The number of sulfonamides is 1. The Morgan fingerprint density at radius 2 is 2.19 bits per heavy atom. The number of hydrogen-bond acceptors (Lipinski definition) is 6. The van der Waals surface area contributed by atoms with Crippen LogP contribution in [-0.2, 0) is 16.6 Å². The first kappa shape index (κ1) is 16.1. The fraction of sp³-hybridized carbons (Fsp3) is 0.500. The second-order valence-electron chi connectivity index (χ2n) is 4.69. The molecule has 0 bridgehead atoms. The third kappa shape index (κ3) is 4.10. The van der Waals surface area contributed by atoms with Gasteiger partial charge in [-0.05, 0) is 20.9 Å². The van der Waals surface area contributed by atoms with E-state index in [2.05, 4.69) is 20.1 Å². The Hall–Kier alpha value is -1.29. The minimum Gasteiger partial charge on any atom is -0.318 e. The van der Waals surface area contributed by atoms with Gasteiger partial charge in [-0.25, -0.2) is 18.1 Å². The van der Waals surface area contributed by atoms with Gasteiger partial charge in [0.1, 0.15) is 9.90 Å². The molecule has 0 saturated heterocycles. The van der Waals surface area contributed by atoms with Crippen molar-refractivity contribution < 1.29 is 8.42 Å². The summed E-state index contributed by atoms with van der Waals surface area (Å²) in [6.07, 6.45) is 4.62. The third-order valence-corrected chi connectivity index (χ3v) is 5.44. The molecule has 2 N–H and O–H groups in total. The highest BCUT2D eigenvalue weighted by atomic mass is 32.2. The summed E-state index contributed by atoms with van der Waals surface area (Å²) >= 11 is 1.48. The Morgan fingerprint density at radius 3 is 2.81 bits per heavy atom. The number of thiazole rings is 1. The number of likely N-dealkylation sites (N-methyl/N-ethyl adjacent to an activating group) is 1. The molecule has 116 valence electrons. The molecule has 2 heterocycles. The van der Waals surface area contributed by atoms with Crippen LogP contribution < -0.4 is 10.0 Å². The van der Waals surface area contributed by atoms with Crippen molar-refractivity contribution in [2.75, 3.05) is 13.6 Å². The average molecular weight is 329 g/mol. The first-order chi connectivity index (χ1) is 9.92. The summed E-state index contributed by atoms with van der Waals surface area (Å²) in [5.41, 5.74) is 0. The molecule has 0 amide bonds. The van der Waals surface area contributed by atoms with Crippen LogP contribution >= 0.6 is 11.3 Å². The molecule has 21 heavy (non-hydrogen) atoms. The van der Waals surface area contributed by atoms with E-state index in [4.69, 9.17) is 0 Å². The molecule has 2 rings (SSSR count). The van der Waals surface area contributed by atoms with Crippen LogP contribution in [0.5, 0.6) is 0 Å². The van der Waals surface area contributed by atoms with E-state index in [0.717, 1.165) is 16.4 Å². The second kappa shape index (κ2) is 6.65. The molecule has 0 aromatic carbocycles. The molecule has 0 aliphatic heterocycles. The van der Waals surface area contributed by atoms with Crippen molar-refractivity contribution >= 4 is 21.4 Å². The Bertz CT molecular complexity index is 692. The molecule has 2 aromatic rings. The number of aryl methyl sites for hydroxylation is 1. The van der Waals surface area contributed by atoms with Gasteiger partial charge in [0.25, 0.3) is 0 Å². The molecule has 0 fully saturated rings. The van der Waals surface area contributed by atoms with Gasteiger partial charge in [0.2, 0.25) is 10.0 Å². The zero-order valence-corrected chi connectivity index (χ0v) is 13.8. The minimum atomic E-state index is -3.59. The van der Waals surface area contributed by atoms with Gasteiger partial charge in [-0.1, -0.05) is 0 Å². The first-order valence-corrected chi connectivity index (χ1v) is 8.84. The lowest BCUT2D eigenvalue weighted by Gasteiger charge is -2.10. The third-order valence-electron chi connectivity index (χ3n) is 2.85. The molecule has 0 saturated carbocycles. The monoisotopic (exact) mass is 329 g/mol. The van der Waals surface area contributed by atoms with Gasteiger partial charge in [0.15, 0.2) is 0 Å². The lowest BCUT2D eigenvalue weighted by Crippen LogP contribution is -2.26. The van der Waals surface area contributed by atoms with Crippen LogP contribution in [-0.4, -0.2) is 36.8 Å². The smallest absolute Gasteiger partial charge is 0.244 e. The molecule has 7 nitrogen and oxygen atoms in total. The summed E-state index contributed by atoms with van der Waals surface area (Å²) in [4.78, 5) is 5.42. The van der Waals surface area contributed by atoms with Gasteiger partial charge in [-0.2, -0.15) is 5.10 Å². The normalized spacial score (nSPS) is 13.5. The van der Waals surface area contributed by atoms with Gasteiger partial charge in [0.05, 0.1) is 18.8 Å². The van der Waals surface area contributed by atoms with Gasteiger partial charge < -0.3 is 5.32 Å². The average Bonchev–Trinajstić information content (AvgIpc) is 3.05. The molecule has 1 unspecified atom stereocenters. The number of nitrogens with one attached hydrogen (secondary N) is 2. The van der Waals surface area contributed by atoms with Gasteiger partial charge >= 0.3 is 0 Å². The Kier molecular flexibility index (Phi) is 5.09. The molecule has 2 aromatic heterocycles. The van der Waals surface area contributed by atoms with Crippen LogP contribution in [0.4, 0.5) is 0 Å². The highest BCUT2D eigenvalue weighted by Crippen LogP contribution is 2.21. The summed E-state index contributed by atoms with van der Waals surface area (Å²) < 4.78 is 28.8. The molecular formula is C12H19N5O2S2. The van der Waals surface area contributed by atoms with Gasteiger partial charge in [-0.15, -0.1) is 11.3 Å². The van der Waals surface area contributed by atoms with Crippen molar-refractivity contribution in [2.45, 2.75) is 31.3 Å². The van der Waals surface area contributed by atoms with E-state index in [1.54, 1.807) is 17.8 Å². The molecule has 0 aliphatic carbocycles. The topological polar surface area (TPSA) is 88.9 Å². The minimum absolute atomic E-state index is 0.165. The molecule has 0 aliphatic rings. The summed E-state index contributed by atoms with van der Waals surface area (Å²) in [6, 6.07) is -0.366. The zero-order chi connectivity index (χ0) is 15.5. The molecule has 1 atom stereocenters. The van der Waals surface area contributed by atoms with Crippen molar-refractivity contribution in [2.24, 2.45) is 0 Å². The fourth-order valence-electron chi connectivity index (χ4n) is 1.76. The maximum atomic E-state index is 12.3. The Labute approximate surface area is 128 Å². The highest BCUT2D eigenvalue weighted by molar-refractivity contribution is 7.89. The summed E-state index contributed by atoms with van der Waals surface area (Å²) in [5.74, 6) is 0. The predicted octanol–water partition coefficient (Wildman–Crippen LogP) is 0.907. The van der Waals surface area contributed by atoms with E-state index < -0.39 is 10.0 Å². The SMILES string of the molecule is CNCCn1cc(S(=O)(=O)NC(C)c2ncc(C)s2)cn1. The lowest BCUT2D eigenvalue weighted by atomic mass is 10.4. The van der Waals surface area contributed by atoms with Crippen LogP contribution in [0.1, 0.15) is 22.9 Å². The lowest BCUT2D eigenvalue weighted by molar-refractivity contribution is 0.564.